The molecule has 1 heterocycles. The molecular weight excluding hydrogens is 256 g/mol. The minimum Gasteiger partial charge on any atom is -0.394 e. The number of rotatable bonds is 1. The first kappa shape index (κ1) is 13.3. The number of nitrogens with zero attached hydrogens (tertiary/aromatic N) is 1. The number of anilines is 1. The zero-order valence-corrected chi connectivity index (χ0v) is 10.1. The maximum Gasteiger partial charge on any atom is 0.254 e. The summed E-state index contributed by atoms with van der Waals surface area (Å²) >= 11 is 0. The number of hydrogen-bond acceptors (Lipinski definition) is 3. The number of carbonyl (C=O) groups is 2. The summed E-state index contributed by atoms with van der Waals surface area (Å²) in [6, 6.07) is 1.81. The van der Waals surface area contributed by atoms with Crippen LogP contribution in [-0.4, -0.2) is 36.3 Å². The van der Waals surface area contributed by atoms with Crippen LogP contribution in [0, 0.1) is 11.6 Å². The summed E-state index contributed by atoms with van der Waals surface area (Å²) in [6.45, 7) is 0.848. The first-order valence-electron chi connectivity index (χ1n) is 5.79. The highest BCUT2D eigenvalue weighted by atomic mass is 19.1. The average molecular weight is 269 g/mol. The molecule has 0 unspecified atom stereocenters. The molecule has 0 radical (unpaired) electrons. The van der Waals surface area contributed by atoms with Crippen molar-refractivity contribution in [1.82, 2.24) is 10.2 Å². The smallest absolute Gasteiger partial charge is 0.254 e. The molecule has 0 spiro atoms. The topological polar surface area (TPSA) is 75.4 Å². The minimum absolute atomic E-state index is 0.112. The quantitative estimate of drug-likeness (QED) is 0.729. The van der Waals surface area contributed by atoms with Crippen molar-refractivity contribution in [3.63, 3.8) is 0 Å². The number of nitrogens with one attached hydrogen (secondary N) is 1. The molecule has 1 fully saturated rings. The Kier molecular flexibility index (Phi) is 3.64. The van der Waals surface area contributed by atoms with E-state index in [1.807, 2.05) is 0 Å². The monoisotopic (exact) mass is 269 g/mol. The summed E-state index contributed by atoms with van der Waals surface area (Å²) in [5.74, 6) is -2.60. The summed E-state index contributed by atoms with van der Waals surface area (Å²) in [4.78, 5) is 24.6. The minimum atomic E-state index is -0.965. The Morgan fingerprint density at radius 2 is 1.89 bits per heavy atom. The zero-order valence-electron chi connectivity index (χ0n) is 10.1. The van der Waals surface area contributed by atoms with Crippen LogP contribution in [0.2, 0.25) is 0 Å². The van der Waals surface area contributed by atoms with E-state index in [-0.39, 0.29) is 24.4 Å². The zero-order chi connectivity index (χ0) is 14.0. The van der Waals surface area contributed by atoms with Gasteiger partial charge in [0.1, 0.15) is 17.3 Å². The highest BCUT2D eigenvalue weighted by Crippen LogP contribution is 2.18. The van der Waals surface area contributed by atoms with Gasteiger partial charge in [0.05, 0.1) is 0 Å². The molecule has 1 aromatic carbocycles. The second-order valence-corrected chi connectivity index (χ2v) is 4.25. The van der Waals surface area contributed by atoms with Gasteiger partial charge in [-0.15, -0.1) is 0 Å². The van der Waals surface area contributed by atoms with Crippen molar-refractivity contribution >= 4 is 17.5 Å². The lowest BCUT2D eigenvalue weighted by Crippen LogP contribution is -2.34. The van der Waals surface area contributed by atoms with Crippen molar-refractivity contribution < 1.29 is 18.4 Å². The van der Waals surface area contributed by atoms with Gasteiger partial charge in [0, 0.05) is 31.6 Å². The van der Waals surface area contributed by atoms with E-state index in [1.54, 1.807) is 0 Å². The van der Waals surface area contributed by atoms with E-state index >= 15 is 0 Å². The summed E-state index contributed by atoms with van der Waals surface area (Å²) in [6.07, 6.45) is 0.172. The van der Waals surface area contributed by atoms with E-state index in [9.17, 15) is 18.4 Å². The Morgan fingerprint density at radius 1 is 1.26 bits per heavy atom. The predicted molar refractivity (Wildman–Crippen MR) is 64.3 cm³/mol. The fraction of sp³-hybridized carbons (Fsp3) is 0.333. The molecule has 0 bridgehead atoms. The van der Waals surface area contributed by atoms with Gasteiger partial charge >= 0.3 is 0 Å². The molecule has 102 valence electrons. The molecule has 0 saturated carbocycles. The van der Waals surface area contributed by atoms with Crippen LogP contribution in [0.15, 0.2) is 12.1 Å². The van der Waals surface area contributed by atoms with Gasteiger partial charge in [-0.1, -0.05) is 0 Å². The molecule has 3 N–H and O–H groups in total. The average Bonchev–Trinajstić information content (AvgIpc) is 2.59. The van der Waals surface area contributed by atoms with Crippen molar-refractivity contribution in [3.8, 4) is 0 Å². The molecule has 1 aromatic rings. The van der Waals surface area contributed by atoms with Crippen LogP contribution in [0.5, 0.6) is 0 Å². The lowest BCUT2D eigenvalue weighted by molar-refractivity contribution is -0.120. The first-order chi connectivity index (χ1) is 8.99. The van der Waals surface area contributed by atoms with Crippen LogP contribution in [0.25, 0.3) is 0 Å². The van der Waals surface area contributed by atoms with Gasteiger partial charge in [-0.25, -0.2) is 8.78 Å². The van der Waals surface area contributed by atoms with Gasteiger partial charge in [0.15, 0.2) is 0 Å². The molecule has 2 amide bonds. The molecular formula is C12H13F2N3O2. The fourth-order valence-corrected chi connectivity index (χ4v) is 1.86. The molecule has 7 heteroatoms. The Morgan fingerprint density at radius 3 is 2.53 bits per heavy atom. The fourth-order valence-electron chi connectivity index (χ4n) is 1.86. The van der Waals surface area contributed by atoms with E-state index in [0.29, 0.717) is 13.1 Å². The van der Waals surface area contributed by atoms with Gasteiger partial charge in [0.25, 0.3) is 5.91 Å². The molecule has 1 saturated heterocycles. The second kappa shape index (κ2) is 5.21. The van der Waals surface area contributed by atoms with Crippen LogP contribution in [-0.2, 0) is 4.79 Å². The van der Waals surface area contributed by atoms with E-state index in [4.69, 9.17) is 5.73 Å². The maximum absolute atomic E-state index is 13.3. The van der Waals surface area contributed by atoms with Crippen molar-refractivity contribution in [1.29, 1.82) is 0 Å². The van der Waals surface area contributed by atoms with Crippen LogP contribution in [0.4, 0.5) is 14.5 Å². The number of carbonyl (C=O) groups excluding carboxylic acids is 2. The second-order valence-electron chi connectivity index (χ2n) is 4.25. The van der Waals surface area contributed by atoms with Gasteiger partial charge in [-0.2, -0.15) is 0 Å². The molecule has 0 atom stereocenters. The number of amides is 2. The normalized spacial score (nSPS) is 15.9. The van der Waals surface area contributed by atoms with Gasteiger partial charge in [-0.05, 0) is 12.1 Å². The molecule has 0 aliphatic carbocycles. The molecule has 1 aliphatic heterocycles. The lowest BCUT2D eigenvalue weighted by Gasteiger charge is -2.19. The van der Waals surface area contributed by atoms with E-state index in [2.05, 4.69) is 5.32 Å². The van der Waals surface area contributed by atoms with Crippen LogP contribution < -0.4 is 11.1 Å². The molecule has 1 aliphatic rings. The Hall–Kier alpha value is -2.18. The van der Waals surface area contributed by atoms with Crippen LogP contribution >= 0.6 is 0 Å². The van der Waals surface area contributed by atoms with Gasteiger partial charge in [0.2, 0.25) is 5.91 Å². The van der Waals surface area contributed by atoms with Crippen LogP contribution in [0.3, 0.4) is 0 Å². The third kappa shape index (κ3) is 2.81. The summed E-state index contributed by atoms with van der Waals surface area (Å²) in [7, 11) is 0. The third-order valence-electron chi connectivity index (χ3n) is 2.93. The number of nitrogen functional groups attached to an aromatic ring is 1. The molecule has 19 heavy (non-hydrogen) atoms. The summed E-state index contributed by atoms with van der Waals surface area (Å²) < 4.78 is 26.6. The maximum atomic E-state index is 13.3. The van der Waals surface area contributed by atoms with Crippen molar-refractivity contribution in [2.75, 3.05) is 25.4 Å². The number of halogens is 2. The van der Waals surface area contributed by atoms with Gasteiger partial charge in [-0.3, -0.25) is 9.59 Å². The molecule has 5 nitrogen and oxygen atoms in total. The number of hydrogen-bond donors (Lipinski definition) is 2. The van der Waals surface area contributed by atoms with E-state index < -0.39 is 23.2 Å². The van der Waals surface area contributed by atoms with Crippen molar-refractivity contribution in [3.05, 3.63) is 29.3 Å². The Bertz CT molecular complexity index is 511. The van der Waals surface area contributed by atoms with Crippen molar-refractivity contribution in [2.45, 2.75) is 6.42 Å². The summed E-state index contributed by atoms with van der Waals surface area (Å²) in [5.41, 5.74) is 4.42. The Balaban J connectivity index is 2.21. The first-order valence-corrected chi connectivity index (χ1v) is 5.79. The third-order valence-corrected chi connectivity index (χ3v) is 2.93. The Labute approximate surface area is 108 Å². The number of nitrogens with two attached hydrogens (primary N) is 1. The SMILES string of the molecule is Nc1c(F)cc(C(=O)N2CCNC(=O)CC2)cc1F. The molecule has 0 aromatic heterocycles. The predicted octanol–water partition coefficient (Wildman–Crippen LogP) is 0.509. The molecule has 2 rings (SSSR count). The largest absolute Gasteiger partial charge is 0.394 e. The highest BCUT2D eigenvalue weighted by Gasteiger charge is 2.21. The number of benzene rings is 1. The van der Waals surface area contributed by atoms with Gasteiger partial charge < -0.3 is 16.0 Å². The summed E-state index contributed by atoms with van der Waals surface area (Å²) in [5, 5.41) is 2.61. The highest BCUT2D eigenvalue weighted by molar-refractivity contribution is 5.95. The van der Waals surface area contributed by atoms with E-state index in [0.717, 1.165) is 12.1 Å². The van der Waals surface area contributed by atoms with Crippen LogP contribution in [0.1, 0.15) is 16.8 Å². The standard InChI is InChI=1S/C12H13F2N3O2/c13-8-5-7(6-9(14)11(8)15)12(19)17-3-1-10(18)16-2-4-17/h5-6H,1-4,15H2,(H,16,18). The van der Waals surface area contributed by atoms with E-state index in [1.165, 1.54) is 4.90 Å². The lowest BCUT2D eigenvalue weighted by atomic mass is 10.1. The van der Waals surface area contributed by atoms with Crippen molar-refractivity contribution in [2.24, 2.45) is 0 Å².